The molecule has 1 aliphatic rings. The van der Waals surface area contributed by atoms with E-state index in [1.54, 1.807) is 9.58 Å². The predicted octanol–water partition coefficient (Wildman–Crippen LogP) is 2.54. The molecule has 1 atom stereocenters. The first-order valence-electron chi connectivity index (χ1n) is 8.38. The number of hydrogen-bond acceptors (Lipinski definition) is 4. The van der Waals surface area contributed by atoms with Crippen LogP contribution in [0.15, 0.2) is 30.5 Å². The summed E-state index contributed by atoms with van der Waals surface area (Å²) in [6, 6.07) is 7.95. The Bertz CT molecular complexity index is 727. The van der Waals surface area contributed by atoms with Gasteiger partial charge in [-0.25, -0.2) is 4.68 Å². The molecule has 25 heavy (non-hydrogen) atoms. The van der Waals surface area contributed by atoms with Crippen LogP contribution in [-0.2, 0) is 0 Å². The van der Waals surface area contributed by atoms with Crippen molar-refractivity contribution in [3.63, 3.8) is 0 Å². The van der Waals surface area contributed by atoms with Crippen LogP contribution in [0.4, 0.5) is 0 Å². The highest BCUT2D eigenvalue weighted by Crippen LogP contribution is 2.24. The Kier molecular flexibility index (Phi) is 6.08. The van der Waals surface area contributed by atoms with Gasteiger partial charge >= 0.3 is 0 Å². The van der Waals surface area contributed by atoms with Crippen LogP contribution in [0.1, 0.15) is 42.2 Å². The molecule has 0 saturated carbocycles. The average Bonchev–Trinajstić information content (AvgIpc) is 3.21. The maximum absolute atomic E-state index is 12.6. The van der Waals surface area contributed by atoms with Gasteiger partial charge in [-0.3, -0.25) is 4.79 Å². The van der Waals surface area contributed by atoms with E-state index in [2.05, 4.69) is 18.9 Å². The first-order valence-corrected chi connectivity index (χ1v) is 8.38. The molecule has 3 N–H and O–H groups in total. The molecule has 7 heteroatoms. The van der Waals surface area contributed by atoms with Crippen LogP contribution in [0.3, 0.4) is 0 Å². The fourth-order valence-electron chi connectivity index (χ4n) is 3.02. The zero-order valence-corrected chi connectivity index (χ0v) is 15.4. The summed E-state index contributed by atoms with van der Waals surface area (Å²) in [4.78, 5) is 14.3. The molecule has 1 saturated heterocycles. The third kappa shape index (κ3) is 3.96. The molecule has 1 aromatic heterocycles. The number of rotatable bonds is 4. The molecule has 0 aliphatic carbocycles. The van der Waals surface area contributed by atoms with E-state index in [0.717, 1.165) is 12.1 Å². The van der Waals surface area contributed by atoms with Crippen LogP contribution in [0.2, 0.25) is 0 Å². The summed E-state index contributed by atoms with van der Waals surface area (Å²) in [7, 11) is 0. The third-order valence-corrected chi connectivity index (χ3v) is 4.63. The van der Waals surface area contributed by atoms with E-state index in [1.807, 2.05) is 24.3 Å². The second kappa shape index (κ2) is 7.89. The van der Waals surface area contributed by atoms with E-state index in [9.17, 15) is 9.90 Å². The van der Waals surface area contributed by atoms with Crippen molar-refractivity contribution in [2.75, 3.05) is 19.6 Å². The van der Waals surface area contributed by atoms with Crippen molar-refractivity contribution in [2.24, 2.45) is 11.7 Å². The van der Waals surface area contributed by atoms with Gasteiger partial charge in [0.15, 0.2) is 11.4 Å². The number of carbonyl (C=O) groups excluding carboxylic acids is 1. The van der Waals surface area contributed by atoms with Gasteiger partial charge in [0.1, 0.15) is 0 Å². The fourth-order valence-corrected chi connectivity index (χ4v) is 3.02. The molecule has 1 aliphatic heterocycles. The van der Waals surface area contributed by atoms with E-state index in [4.69, 9.17) is 5.73 Å². The summed E-state index contributed by atoms with van der Waals surface area (Å²) >= 11 is 0. The van der Waals surface area contributed by atoms with Crippen LogP contribution in [0.5, 0.6) is 5.75 Å². The summed E-state index contributed by atoms with van der Waals surface area (Å²) in [6.07, 6.45) is 2.38. The molecular weight excluding hydrogens is 340 g/mol. The normalized spacial score (nSPS) is 17.0. The first-order chi connectivity index (χ1) is 11.5. The minimum Gasteiger partial charge on any atom is -0.504 e. The van der Waals surface area contributed by atoms with E-state index in [-0.39, 0.29) is 29.8 Å². The van der Waals surface area contributed by atoms with Crippen molar-refractivity contribution in [1.29, 1.82) is 0 Å². The average molecular weight is 365 g/mol. The minimum atomic E-state index is -0.235. The van der Waals surface area contributed by atoms with Gasteiger partial charge in [-0.05, 0) is 42.5 Å². The lowest BCUT2D eigenvalue weighted by molar-refractivity contribution is 0.0778. The van der Waals surface area contributed by atoms with E-state index in [1.165, 1.54) is 11.8 Å². The molecule has 0 bridgehead atoms. The van der Waals surface area contributed by atoms with Gasteiger partial charge in [-0.1, -0.05) is 26.0 Å². The topological polar surface area (TPSA) is 84.4 Å². The standard InChI is InChI=1S/C18H24N4O2.ClH/c1-12(2)14-3-5-15(6-4-14)22-11-16(23)17(20-22)18(24)21-8-7-13(9-19)10-21;/h3-6,11-13,23H,7-10,19H2,1-2H3;1H. The zero-order chi connectivity index (χ0) is 17.3. The lowest BCUT2D eigenvalue weighted by Gasteiger charge is -2.14. The number of nitrogens with two attached hydrogens (primary N) is 1. The zero-order valence-electron chi connectivity index (χ0n) is 14.6. The Balaban J connectivity index is 0.00000225. The molecule has 3 rings (SSSR count). The largest absolute Gasteiger partial charge is 0.504 e. The van der Waals surface area contributed by atoms with Gasteiger partial charge < -0.3 is 15.7 Å². The maximum Gasteiger partial charge on any atom is 0.278 e. The molecule has 1 aromatic carbocycles. The fraction of sp³-hybridized carbons (Fsp3) is 0.444. The number of aromatic hydroxyl groups is 1. The molecule has 0 spiro atoms. The van der Waals surface area contributed by atoms with Gasteiger partial charge in [-0.2, -0.15) is 5.10 Å². The summed E-state index contributed by atoms with van der Waals surface area (Å²) in [5, 5.41) is 14.4. The molecule has 0 radical (unpaired) electrons. The Morgan fingerprint density at radius 2 is 2.04 bits per heavy atom. The Labute approximate surface area is 154 Å². The lowest BCUT2D eigenvalue weighted by atomic mass is 10.0. The summed E-state index contributed by atoms with van der Waals surface area (Å²) in [5.74, 6) is 0.458. The summed E-state index contributed by atoms with van der Waals surface area (Å²) in [6.45, 7) is 6.14. The number of hydrogen-bond donors (Lipinski definition) is 2. The molecule has 1 unspecified atom stereocenters. The smallest absolute Gasteiger partial charge is 0.278 e. The van der Waals surface area contributed by atoms with E-state index in [0.29, 0.717) is 31.5 Å². The van der Waals surface area contributed by atoms with Crippen LogP contribution in [-0.4, -0.2) is 45.3 Å². The number of halogens is 1. The van der Waals surface area contributed by atoms with Crippen LogP contribution in [0, 0.1) is 5.92 Å². The van der Waals surface area contributed by atoms with Crippen LogP contribution >= 0.6 is 12.4 Å². The van der Waals surface area contributed by atoms with Crippen molar-refractivity contribution in [3.8, 4) is 11.4 Å². The monoisotopic (exact) mass is 364 g/mol. The number of nitrogens with zero attached hydrogens (tertiary/aromatic N) is 3. The number of likely N-dealkylation sites (tertiary alicyclic amines) is 1. The van der Waals surface area contributed by atoms with Gasteiger partial charge in [0, 0.05) is 13.1 Å². The van der Waals surface area contributed by atoms with Crippen molar-refractivity contribution in [3.05, 3.63) is 41.7 Å². The van der Waals surface area contributed by atoms with Crippen molar-refractivity contribution < 1.29 is 9.90 Å². The van der Waals surface area contributed by atoms with Gasteiger partial charge in [-0.15, -0.1) is 12.4 Å². The van der Waals surface area contributed by atoms with Crippen molar-refractivity contribution >= 4 is 18.3 Å². The molecular formula is C18H25ClN4O2. The molecule has 2 heterocycles. The maximum atomic E-state index is 12.6. The minimum absolute atomic E-state index is 0. The molecule has 1 fully saturated rings. The van der Waals surface area contributed by atoms with Crippen LogP contribution in [0.25, 0.3) is 5.69 Å². The van der Waals surface area contributed by atoms with E-state index >= 15 is 0 Å². The summed E-state index contributed by atoms with van der Waals surface area (Å²) < 4.78 is 1.54. The second-order valence-corrected chi connectivity index (χ2v) is 6.70. The number of amides is 1. The number of aromatic nitrogens is 2. The quantitative estimate of drug-likeness (QED) is 0.873. The molecule has 136 valence electrons. The van der Waals surface area contributed by atoms with Crippen molar-refractivity contribution in [1.82, 2.24) is 14.7 Å². The number of benzene rings is 1. The first kappa shape index (κ1) is 19.3. The summed E-state index contributed by atoms with van der Waals surface area (Å²) in [5.41, 5.74) is 7.82. The lowest BCUT2D eigenvalue weighted by Crippen LogP contribution is -2.30. The van der Waals surface area contributed by atoms with Crippen molar-refractivity contribution in [2.45, 2.75) is 26.2 Å². The SMILES string of the molecule is CC(C)c1ccc(-n2cc(O)c(C(=O)N3CCC(CN)C3)n2)cc1.Cl. The third-order valence-electron chi connectivity index (χ3n) is 4.63. The highest BCUT2D eigenvalue weighted by molar-refractivity contribution is 5.95. The van der Waals surface area contributed by atoms with Gasteiger partial charge in [0.25, 0.3) is 5.91 Å². The van der Waals surface area contributed by atoms with Gasteiger partial charge in [0.2, 0.25) is 0 Å². The molecule has 1 amide bonds. The van der Waals surface area contributed by atoms with E-state index < -0.39 is 0 Å². The molecule has 2 aromatic rings. The second-order valence-electron chi connectivity index (χ2n) is 6.70. The Hall–Kier alpha value is -2.05. The highest BCUT2D eigenvalue weighted by atomic mass is 35.5. The predicted molar refractivity (Wildman–Crippen MR) is 99.6 cm³/mol. The Morgan fingerprint density at radius 1 is 1.36 bits per heavy atom. The molecule has 6 nitrogen and oxygen atoms in total. The van der Waals surface area contributed by atoms with Crippen LogP contribution < -0.4 is 5.73 Å². The van der Waals surface area contributed by atoms with Gasteiger partial charge in [0.05, 0.1) is 11.9 Å². The number of carbonyl (C=O) groups is 1. The highest BCUT2D eigenvalue weighted by Gasteiger charge is 2.29. The Morgan fingerprint density at radius 3 is 2.60 bits per heavy atom.